The number of piperidine rings is 1. The summed E-state index contributed by atoms with van der Waals surface area (Å²) in [6.07, 6.45) is 3.97. The first-order chi connectivity index (χ1) is 12.6. The lowest BCUT2D eigenvalue weighted by Gasteiger charge is -2.32. The third-order valence-electron chi connectivity index (χ3n) is 4.92. The molecule has 2 rings (SSSR count). The molecule has 26 heavy (non-hydrogen) atoms. The molecule has 1 fully saturated rings. The molecule has 2 amide bonds. The topological polar surface area (TPSA) is 67.9 Å². The second-order valence-corrected chi connectivity index (χ2v) is 6.69. The molecule has 0 bridgehead atoms. The number of nitrogens with zero attached hydrogens (tertiary/aromatic N) is 1. The Kier molecular flexibility index (Phi) is 7.75. The Morgan fingerprint density at radius 3 is 2.77 bits per heavy atom. The summed E-state index contributed by atoms with van der Waals surface area (Å²) < 4.78 is 10.5. The first-order valence-electron chi connectivity index (χ1n) is 9.32. The molecule has 1 aromatic carbocycles. The van der Waals surface area contributed by atoms with Gasteiger partial charge in [0.05, 0.1) is 14.2 Å². The minimum atomic E-state index is 0.0295. The van der Waals surface area contributed by atoms with Gasteiger partial charge in [-0.2, -0.15) is 0 Å². The third kappa shape index (κ3) is 5.64. The molecule has 0 aromatic heterocycles. The zero-order valence-corrected chi connectivity index (χ0v) is 16.0. The largest absolute Gasteiger partial charge is 0.497 e. The van der Waals surface area contributed by atoms with Gasteiger partial charge in [-0.15, -0.1) is 0 Å². The maximum Gasteiger partial charge on any atom is 0.222 e. The van der Waals surface area contributed by atoms with E-state index in [1.54, 1.807) is 14.2 Å². The van der Waals surface area contributed by atoms with E-state index in [-0.39, 0.29) is 11.8 Å². The van der Waals surface area contributed by atoms with Crippen molar-refractivity contribution >= 4 is 11.8 Å². The summed E-state index contributed by atoms with van der Waals surface area (Å²) in [5, 5.41) is 2.96. The summed E-state index contributed by atoms with van der Waals surface area (Å²) in [5.74, 6) is 2.08. The number of carbonyl (C=O) groups is 2. The van der Waals surface area contributed by atoms with E-state index in [9.17, 15) is 9.59 Å². The van der Waals surface area contributed by atoms with Crippen molar-refractivity contribution < 1.29 is 19.1 Å². The van der Waals surface area contributed by atoms with Crippen molar-refractivity contribution in [2.24, 2.45) is 5.92 Å². The van der Waals surface area contributed by atoms with Gasteiger partial charge in [-0.1, -0.05) is 6.92 Å². The van der Waals surface area contributed by atoms with Crippen LogP contribution < -0.4 is 14.8 Å². The van der Waals surface area contributed by atoms with E-state index in [0.717, 1.165) is 43.7 Å². The van der Waals surface area contributed by atoms with E-state index in [1.165, 1.54) is 0 Å². The standard InChI is InChI=1S/C20H30N2O4/c1-4-20(24)22-11-5-6-15(14-22)7-10-19(23)21-13-16-8-9-17(25-2)12-18(16)26-3/h8-9,12,15H,4-7,10-11,13-14H2,1-3H3,(H,21,23). The highest BCUT2D eigenvalue weighted by Crippen LogP contribution is 2.25. The number of ether oxygens (including phenoxy) is 2. The molecule has 0 saturated carbocycles. The average Bonchev–Trinajstić information content (AvgIpc) is 2.70. The molecule has 0 spiro atoms. The van der Waals surface area contributed by atoms with Crippen molar-refractivity contribution in [1.82, 2.24) is 10.2 Å². The van der Waals surface area contributed by atoms with Crippen LogP contribution in [-0.4, -0.2) is 44.0 Å². The van der Waals surface area contributed by atoms with Crippen LogP contribution in [0.3, 0.4) is 0 Å². The predicted molar refractivity (Wildman–Crippen MR) is 100 cm³/mol. The first-order valence-corrected chi connectivity index (χ1v) is 9.32. The van der Waals surface area contributed by atoms with Gasteiger partial charge in [0.25, 0.3) is 0 Å². The number of carbonyl (C=O) groups excluding carboxylic acids is 2. The van der Waals surface area contributed by atoms with Gasteiger partial charge in [0, 0.05) is 44.1 Å². The molecular weight excluding hydrogens is 332 g/mol. The molecular formula is C20H30N2O4. The van der Waals surface area contributed by atoms with Gasteiger partial charge < -0.3 is 19.7 Å². The van der Waals surface area contributed by atoms with Gasteiger partial charge in [-0.25, -0.2) is 0 Å². The van der Waals surface area contributed by atoms with Crippen LogP contribution >= 0.6 is 0 Å². The van der Waals surface area contributed by atoms with E-state index < -0.39 is 0 Å². The Morgan fingerprint density at radius 2 is 2.08 bits per heavy atom. The second-order valence-electron chi connectivity index (χ2n) is 6.69. The number of nitrogens with one attached hydrogen (secondary N) is 1. The van der Waals surface area contributed by atoms with Crippen molar-refractivity contribution in [2.75, 3.05) is 27.3 Å². The van der Waals surface area contributed by atoms with Gasteiger partial charge in [-0.05, 0) is 37.3 Å². The zero-order valence-electron chi connectivity index (χ0n) is 16.0. The molecule has 6 nitrogen and oxygen atoms in total. The normalized spacial score (nSPS) is 16.9. The van der Waals surface area contributed by atoms with Crippen molar-refractivity contribution in [3.63, 3.8) is 0 Å². The molecule has 1 atom stereocenters. The van der Waals surface area contributed by atoms with Crippen molar-refractivity contribution in [3.05, 3.63) is 23.8 Å². The van der Waals surface area contributed by atoms with Gasteiger partial charge in [0.15, 0.2) is 0 Å². The zero-order chi connectivity index (χ0) is 18.9. The van der Waals surface area contributed by atoms with Crippen LogP contribution in [0.25, 0.3) is 0 Å². The highest BCUT2D eigenvalue weighted by molar-refractivity contribution is 5.76. The maximum atomic E-state index is 12.2. The summed E-state index contributed by atoms with van der Waals surface area (Å²) in [6.45, 7) is 3.96. The van der Waals surface area contributed by atoms with Crippen LogP contribution in [-0.2, 0) is 16.1 Å². The van der Waals surface area contributed by atoms with Crippen LogP contribution in [0.2, 0.25) is 0 Å². The minimum absolute atomic E-state index is 0.0295. The molecule has 1 saturated heterocycles. The molecule has 1 aliphatic rings. The summed E-state index contributed by atoms with van der Waals surface area (Å²) in [7, 11) is 3.21. The smallest absolute Gasteiger partial charge is 0.222 e. The number of benzene rings is 1. The molecule has 1 aliphatic heterocycles. The lowest BCUT2D eigenvalue weighted by molar-refractivity contribution is -0.132. The number of hydrogen-bond donors (Lipinski definition) is 1. The summed E-state index contributed by atoms with van der Waals surface area (Å²) >= 11 is 0. The fraction of sp³-hybridized carbons (Fsp3) is 0.600. The molecule has 1 N–H and O–H groups in total. The number of rotatable bonds is 8. The van der Waals surface area contributed by atoms with Crippen molar-refractivity contribution in [1.29, 1.82) is 0 Å². The van der Waals surface area contributed by atoms with Crippen molar-refractivity contribution in [3.8, 4) is 11.5 Å². The molecule has 144 valence electrons. The Labute approximate surface area is 155 Å². The summed E-state index contributed by atoms with van der Waals surface area (Å²) in [6, 6.07) is 5.56. The molecule has 0 aliphatic carbocycles. The SMILES string of the molecule is CCC(=O)N1CCCC(CCC(=O)NCc2ccc(OC)cc2OC)C1. The van der Waals surface area contributed by atoms with Crippen LogP contribution in [0, 0.1) is 5.92 Å². The van der Waals surface area contributed by atoms with E-state index in [2.05, 4.69) is 5.32 Å². The van der Waals surface area contributed by atoms with Gasteiger partial charge >= 0.3 is 0 Å². The molecule has 1 unspecified atom stereocenters. The summed E-state index contributed by atoms with van der Waals surface area (Å²) in [4.78, 5) is 26.0. The Balaban J connectivity index is 1.78. The van der Waals surface area contributed by atoms with E-state index >= 15 is 0 Å². The fourth-order valence-corrected chi connectivity index (χ4v) is 3.37. The van der Waals surface area contributed by atoms with Crippen LogP contribution in [0.4, 0.5) is 0 Å². The van der Waals surface area contributed by atoms with Gasteiger partial charge in [0.2, 0.25) is 11.8 Å². The predicted octanol–water partition coefficient (Wildman–Crippen LogP) is 2.75. The van der Waals surface area contributed by atoms with Gasteiger partial charge in [0.1, 0.15) is 11.5 Å². The fourth-order valence-electron chi connectivity index (χ4n) is 3.37. The number of amides is 2. The Bertz CT molecular complexity index is 618. The van der Waals surface area contributed by atoms with E-state index in [4.69, 9.17) is 9.47 Å². The average molecular weight is 362 g/mol. The van der Waals surface area contributed by atoms with Crippen LogP contribution in [0.1, 0.15) is 44.6 Å². The lowest BCUT2D eigenvalue weighted by atomic mass is 9.93. The van der Waals surface area contributed by atoms with Crippen LogP contribution in [0.15, 0.2) is 18.2 Å². The lowest BCUT2D eigenvalue weighted by Crippen LogP contribution is -2.39. The maximum absolute atomic E-state index is 12.2. The first kappa shape index (κ1) is 20.1. The van der Waals surface area contributed by atoms with Gasteiger partial charge in [-0.3, -0.25) is 9.59 Å². The summed E-state index contributed by atoms with van der Waals surface area (Å²) in [5.41, 5.74) is 0.916. The monoisotopic (exact) mass is 362 g/mol. The third-order valence-corrected chi connectivity index (χ3v) is 4.92. The van der Waals surface area contributed by atoms with E-state index in [1.807, 2.05) is 30.0 Å². The second kappa shape index (κ2) is 10.0. The number of hydrogen-bond acceptors (Lipinski definition) is 4. The number of likely N-dealkylation sites (tertiary alicyclic amines) is 1. The molecule has 0 radical (unpaired) electrons. The molecule has 1 heterocycles. The Hall–Kier alpha value is -2.24. The highest BCUT2D eigenvalue weighted by atomic mass is 16.5. The van der Waals surface area contributed by atoms with Crippen molar-refractivity contribution in [2.45, 2.75) is 45.6 Å². The Morgan fingerprint density at radius 1 is 1.27 bits per heavy atom. The van der Waals surface area contributed by atoms with E-state index in [0.29, 0.717) is 31.1 Å². The molecule has 6 heteroatoms. The highest BCUT2D eigenvalue weighted by Gasteiger charge is 2.23. The quantitative estimate of drug-likeness (QED) is 0.772. The number of methoxy groups -OCH3 is 2. The minimum Gasteiger partial charge on any atom is -0.497 e. The molecule has 1 aromatic rings. The van der Waals surface area contributed by atoms with Crippen LogP contribution in [0.5, 0.6) is 11.5 Å².